The van der Waals surface area contributed by atoms with Crippen LogP contribution in [0.1, 0.15) is 42.5 Å². The third kappa shape index (κ3) is 4.90. The number of hydrogen-bond donors (Lipinski definition) is 2. The molecule has 3 atom stereocenters. The molecular formula is C21H29N3O4. The second-order valence-electron chi connectivity index (χ2n) is 7.91. The van der Waals surface area contributed by atoms with Crippen molar-refractivity contribution in [2.75, 3.05) is 26.2 Å². The smallest absolute Gasteiger partial charge is 0.303 e. The number of rotatable bonds is 7. The monoisotopic (exact) mass is 387 g/mol. The van der Waals surface area contributed by atoms with Gasteiger partial charge in [0.05, 0.1) is 6.04 Å². The van der Waals surface area contributed by atoms with E-state index in [2.05, 4.69) is 4.90 Å². The summed E-state index contributed by atoms with van der Waals surface area (Å²) in [7, 11) is 0. The average molecular weight is 387 g/mol. The largest absolute Gasteiger partial charge is 0.481 e. The molecule has 0 aromatic heterocycles. The number of benzene rings is 1. The first-order valence-corrected chi connectivity index (χ1v) is 10.0. The predicted molar refractivity (Wildman–Crippen MR) is 105 cm³/mol. The number of likely N-dealkylation sites (tertiary alicyclic amines) is 2. The van der Waals surface area contributed by atoms with Gasteiger partial charge in [0.15, 0.2) is 0 Å². The van der Waals surface area contributed by atoms with Gasteiger partial charge in [0, 0.05) is 25.1 Å². The third-order valence-corrected chi connectivity index (χ3v) is 6.12. The number of nitrogens with two attached hydrogens (primary N) is 1. The molecule has 2 amide bonds. The summed E-state index contributed by atoms with van der Waals surface area (Å²) >= 11 is 0. The van der Waals surface area contributed by atoms with Gasteiger partial charge in [-0.1, -0.05) is 18.2 Å². The van der Waals surface area contributed by atoms with Gasteiger partial charge in [0.2, 0.25) is 5.91 Å². The van der Waals surface area contributed by atoms with Crippen LogP contribution in [0, 0.1) is 11.8 Å². The third-order valence-electron chi connectivity index (χ3n) is 6.12. The molecule has 2 heterocycles. The fraction of sp³-hybridized carbons (Fsp3) is 0.571. The lowest BCUT2D eigenvalue weighted by Gasteiger charge is -2.39. The lowest BCUT2D eigenvalue weighted by molar-refractivity contribution is -0.139. The zero-order valence-corrected chi connectivity index (χ0v) is 16.1. The lowest BCUT2D eigenvalue weighted by atomic mass is 9.81. The molecule has 1 aromatic carbocycles. The number of carbonyl (C=O) groups is 3. The molecule has 28 heavy (non-hydrogen) atoms. The van der Waals surface area contributed by atoms with E-state index in [4.69, 9.17) is 5.73 Å². The highest BCUT2D eigenvalue weighted by Gasteiger charge is 2.35. The van der Waals surface area contributed by atoms with Crippen molar-refractivity contribution in [1.29, 1.82) is 0 Å². The Hall–Kier alpha value is -2.41. The number of nitrogens with zero attached hydrogens (tertiary/aromatic N) is 2. The first-order valence-electron chi connectivity index (χ1n) is 10.0. The van der Waals surface area contributed by atoms with E-state index in [0.29, 0.717) is 31.6 Å². The highest BCUT2D eigenvalue weighted by atomic mass is 16.4. The molecular weight excluding hydrogens is 358 g/mol. The van der Waals surface area contributed by atoms with E-state index in [0.717, 1.165) is 25.8 Å². The summed E-state index contributed by atoms with van der Waals surface area (Å²) < 4.78 is 0. The van der Waals surface area contributed by atoms with Crippen molar-refractivity contribution in [3.8, 4) is 0 Å². The molecule has 2 aliphatic rings. The SMILES string of the molecule is NC(=O)C1CCCN1CCC1CN(C(=O)c2ccccc2)CCC1CC(=O)O. The Kier molecular flexibility index (Phi) is 6.67. The van der Waals surface area contributed by atoms with Crippen molar-refractivity contribution in [3.63, 3.8) is 0 Å². The van der Waals surface area contributed by atoms with E-state index >= 15 is 0 Å². The molecule has 1 aromatic rings. The summed E-state index contributed by atoms with van der Waals surface area (Å²) in [5.74, 6) is -0.938. The van der Waals surface area contributed by atoms with Crippen molar-refractivity contribution in [2.45, 2.75) is 38.1 Å². The molecule has 3 rings (SSSR count). The summed E-state index contributed by atoms with van der Waals surface area (Å²) in [6.45, 7) is 2.69. The number of carbonyl (C=O) groups excluding carboxylic acids is 2. The second kappa shape index (κ2) is 9.19. The molecule has 0 bridgehead atoms. The zero-order chi connectivity index (χ0) is 20.1. The number of piperidine rings is 1. The van der Waals surface area contributed by atoms with Crippen LogP contribution in [-0.4, -0.2) is 64.9 Å². The van der Waals surface area contributed by atoms with Crippen LogP contribution in [0.5, 0.6) is 0 Å². The lowest BCUT2D eigenvalue weighted by Crippen LogP contribution is -2.46. The van der Waals surface area contributed by atoms with Gasteiger partial charge in [-0.05, 0) is 62.7 Å². The molecule has 3 N–H and O–H groups in total. The van der Waals surface area contributed by atoms with Crippen LogP contribution in [0.15, 0.2) is 30.3 Å². The molecule has 7 heteroatoms. The minimum absolute atomic E-state index is 0.00411. The van der Waals surface area contributed by atoms with Gasteiger partial charge in [-0.2, -0.15) is 0 Å². The topological polar surface area (TPSA) is 104 Å². The summed E-state index contributed by atoms with van der Waals surface area (Å²) in [4.78, 5) is 39.7. The minimum Gasteiger partial charge on any atom is -0.481 e. The molecule has 0 saturated carbocycles. The van der Waals surface area contributed by atoms with E-state index < -0.39 is 5.97 Å². The van der Waals surface area contributed by atoms with Crippen molar-refractivity contribution >= 4 is 17.8 Å². The summed E-state index contributed by atoms with van der Waals surface area (Å²) in [6.07, 6.45) is 3.32. The van der Waals surface area contributed by atoms with Crippen LogP contribution in [-0.2, 0) is 9.59 Å². The van der Waals surface area contributed by atoms with Crippen LogP contribution in [0.3, 0.4) is 0 Å². The quantitative estimate of drug-likeness (QED) is 0.739. The van der Waals surface area contributed by atoms with E-state index in [9.17, 15) is 19.5 Å². The fourth-order valence-corrected chi connectivity index (χ4v) is 4.60. The number of carboxylic acids is 1. The number of hydrogen-bond acceptors (Lipinski definition) is 4. The average Bonchev–Trinajstić information content (AvgIpc) is 3.16. The van der Waals surface area contributed by atoms with Gasteiger partial charge in [0.1, 0.15) is 0 Å². The first-order chi connectivity index (χ1) is 13.5. The maximum absolute atomic E-state index is 12.8. The van der Waals surface area contributed by atoms with Crippen LogP contribution >= 0.6 is 0 Å². The summed E-state index contributed by atoms with van der Waals surface area (Å²) in [5, 5.41) is 9.28. The van der Waals surface area contributed by atoms with Crippen LogP contribution < -0.4 is 5.73 Å². The molecule has 2 aliphatic heterocycles. The normalized spacial score (nSPS) is 25.6. The number of primary amides is 1. The Morgan fingerprint density at radius 1 is 1.07 bits per heavy atom. The van der Waals surface area contributed by atoms with E-state index in [-0.39, 0.29) is 36.1 Å². The Labute approximate surface area is 165 Å². The Morgan fingerprint density at radius 2 is 1.82 bits per heavy atom. The summed E-state index contributed by atoms with van der Waals surface area (Å²) in [6, 6.07) is 8.97. The maximum atomic E-state index is 12.8. The van der Waals surface area contributed by atoms with Gasteiger partial charge in [-0.15, -0.1) is 0 Å². The number of aliphatic carboxylic acids is 1. The maximum Gasteiger partial charge on any atom is 0.303 e. The second-order valence-corrected chi connectivity index (χ2v) is 7.91. The van der Waals surface area contributed by atoms with E-state index in [1.807, 2.05) is 35.2 Å². The Balaban J connectivity index is 1.66. The van der Waals surface area contributed by atoms with Crippen LogP contribution in [0.2, 0.25) is 0 Å². The van der Waals surface area contributed by atoms with Crippen molar-refractivity contribution in [3.05, 3.63) is 35.9 Å². The van der Waals surface area contributed by atoms with Crippen LogP contribution in [0.25, 0.3) is 0 Å². The Morgan fingerprint density at radius 3 is 2.50 bits per heavy atom. The molecule has 7 nitrogen and oxygen atoms in total. The summed E-state index contributed by atoms with van der Waals surface area (Å²) in [5.41, 5.74) is 6.16. The number of amides is 2. The Bertz CT molecular complexity index is 709. The molecule has 2 saturated heterocycles. The predicted octanol–water partition coefficient (Wildman–Crippen LogP) is 1.58. The molecule has 0 radical (unpaired) electrons. The minimum atomic E-state index is -0.797. The van der Waals surface area contributed by atoms with Crippen molar-refractivity contribution in [1.82, 2.24) is 9.80 Å². The van der Waals surface area contributed by atoms with Gasteiger partial charge in [-0.25, -0.2) is 0 Å². The molecule has 0 spiro atoms. The standard InChI is InChI=1S/C21H29N3O4/c22-20(27)18-7-4-10-23(18)11-9-17-14-24(12-8-16(17)13-19(25)26)21(28)15-5-2-1-3-6-15/h1-3,5-6,16-18H,4,7-14H2,(H2,22,27)(H,25,26). The molecule has 152 valence electrons. The van der Waals surface area contributed by atoms with E-state index in [1.54, 1.807) is 0 Å². The van der Waals surface area contributed by atoms with Crippen molar-refractivity contribution < 1.29 is 19.5 Å². The highest BCUT2D eigenvalue weighted by molar-refractivity contribution is 5.94. The van der Waals surface area contributed by atoms with Gasteiger partial charge >= 0.3 is 5.97 Å². The first kappa shape index (κ1) is 20.3. The van der Waals surface area contributed by atoms with Gasteiger partial charge in [0.25, 0.3) is 5.91 Å². The van der Waals surface area contributed by atoms with Gasteiger partial charge < -0.3 is 15.7 Å². The van der Waals surface area contributed by atoms with Gasteiger partial charge in [-0.3, -0.25) is 19.3 Å². The fourth-order valence-electron chi connectivity index (χ4n) is 4.60. The zero-order valence-electron chi connectivity index (χ0n) is 16.1. The molecule has 2 fully saturated rings. The highest BCUT2D eigenvalue weighted by Crippen LogP contribution is 2.31. The van der Waals surface area contributed by atoms with Crippen LogP contribution in [0.4, 0.5) is 0 Å². The number of carboxylic acid groups (broad SMARTS) is 1. The molecule has 3 unspecified atom stereocenters. The van der Waals surface area contributed by atoms with Crippen molar-refractivity contribution in [2.24, 2.45) is 17.6 Å². The molecule has 0 aliphatic carbocycles. The van der Waals surface area contributed by atoms with E-state index in [1.165, 1.54) is 0 Å².